The number of anilines is 1. The molecule has 0 radical (unpaired) electrons. The van der Waals surface area contributed by atoms with Crippen molar-refractivity contribution in [1.82, 2.24) is 30.2 Å². The highest BCUT2D eigenvalue weighted by atomic mass is 16.2. The maximum atomic E-state index is 13.0. The van der Waals surface area contributed by atoms with Gasteiger partial charge in [-0.2, -0.15) is 0 Å². The van der Waals surface area contributed by atoms with E-state index in [4.69, 9.17) is 0 Å². The molecule has 2 aliphatic rings. The van der Waals surface area contributed by atoms with E-state index in [0.29, 0.717) is 22.5 Å². The molecule has 37 heavy (non-hydrogen) atoms. The van der Waals surface area contributed by atoms with Gasteiger partial charge in [-0.05, 0) is 30.7 Å². The molecule has 11 nitrogen and oxygen atoms in total. The quantitative estimate of drug-likeness (QED) is 0.403. The van der Waals surface area contributed by atoms with E-state index in [1.807, 2.05) is 30.3 Å². The van der Waals surface area contributed by atoms with Crippen LogP contribution in [0.5, 0.6) is 0 Å². The molecule has 6 rings (SSSR count). The number of carbonyl (C=O) groups is 4. The van der Waals surface area contributed by atoms with Crippen molar-refractivity contribution < 1.29 is 19.2 Å². The Labute approximate surface area is 210 Å². The summed E-state index contributed by atoms with van der Waals surface area (Å²) in [6.07, 6.45) is 3.85. The first-order valence-electron chi connectivity index (χ1n) is 11.8. The van der Waals surface area contributed by atoms with Gasteiger partial charge in [-0.1, -0.05) is 29.5 Å². The number of piperidine rings is 1. The average molecular weight is 495 g/mol. The van der Waals surface area contributed by atoms with Crippen LogP contribution in [-0.2, 0) is 27.5 Å². The van der Waals surface area contributed by atoms with Crippen molar-refractivity contribution in [3.8, 4) is 11.3 Å². The maximum Gasteiger partial charge on any atom is 0.255 e. The highest BCUT2D eigenvalue weighted by molar-refractivity contribution is 6.06. The number of imide groups is 1. The summed E-state index contributed by atoms with van der Waals surface area (Å²) in [6, 6.07) is 13.9. The van der Waals surface area contributed by atoms with Gasteiger partial charge in [0.1, 0.15) is 18.3 Å². The zero-order valence-corrected chi connectivity index (χ0v) is 19.5. The van der Waals surface area contributed by atoms with Gasteiger partial charge in [-0.15, -0.1) is 5.10 Å². The van der Waals surface area contributed by atoms with Gasteiger partial charge in [-0.25, -0.2) is 4.68 Å². The molecule has 4 heterocycles. The normalized spacial score (nSPS) is 17.1. The van der Waals surface area contributed by atoms with E-state index in [9.17, 15) is 19.2 Å². The van der Waals surface area contributed by atoms with Crippen LogP contribution in [-0.4, -0.2) is 54.5 Å². The highest BCUT2D eigenvalue weighted by Crippen LogP contribution is 2.32. The third kappa shape index (κ3) is 4.10. The minimum absolute atomic E-state index is 0.0789. The molecule has 11 heteroatoms. The molecule has 1 atom stereocenters. The second kappa shape index (κ2) is 8.94. The summed E-state index contributed by atoms with van der Waals surface area (Å²) in [5.41, 5.74) is 3.88. The van der Waals surface area contributed by atoms with Crippen LogP contribution < -0.4 is 10.6 Å². The van der Waals surface area contributed by atoms with Crippen LogP contribution in [0, 0.1) is 0 Å². The lowest BCUT2D eigenvalue weighted by Crippen LogP contribution is -2.52. The monoisotopic (exact) mass is 495 g/mol. The number of para-hydroxylation sites is 1. The van der Waals surface area contributed by atoms with Gasteiger partial charge in [0.05, 0.1) is 11.7 Å². The number of hydrogen-bond acceptors (Lipinski definition) is 7. The minimum atomic E-state index is -0.723. The van der Waals surface area contributed by atoms with Crippen molar-refractivity contribution in [2.24, 2.45) is 0 Å². The van der Waals surface area contributed by atoms with Gasteiger partial charge in [0.15, 0.2) is 0 Å². The molecule has 184 valence electrons. The Bertz CT molecular complexity index is 1590. The second-order valence-corrected chi connectivity index (χ2v) is 8.96. The number of aromatic nitrogens is 4. The molecule has 0 bridgehead atoms. The van der Waals surface area contributed by atoms with Crippen LogP contribution in [0.2, 0.25) is 0 Å². The summed E-state index contributed by atoms with van der Waals surface area (Å²) >= 11 is 0. The predicted octanol–water partition coefficient (Wildman–Crippen LogP) is 1.89. The molecule has 4 amide bonds. The summed E-state index contributed by atoms with van der Waals surface area (Å²) in [5.74, 6) is -1.46. The molecule has 2 aromatic heterocycles. The van der Waals surface area contributed by atoms with Crippen LogP contribution in [0.3, 0.4) is 0 Å². The van der Waals surface area contributed by atoms with E-state index >= 15 is 0 Å². The SMILES string of the molecule is O=C1CCC(N2Cc3c(NC(=O)Cn4cc(-c5ccnc6ccccc56)nn4)cccc3C2=O)C(=O)N1. The fraction of sp³-hybridized carbons (Fsp3) is 0.192. The van der Waals surface area contributed by atoms with Crippen LogP contribution in [0.4, 0.5) is 5.69 Å². The number of rotatable bonds is 5. The molecule has 1 unspecified atom stereocenters. The number of nitrogens with zero attached hydrogens (tertiary/aromatic N) is 5. The summed E-state index contributed by atoms with van der Waals surface area (Å²) in [7, 11) is 0. The highest BCUT2D eigenvalue weighted by Gasteiger charge is 2.39. The van der Waals surface area contributed by atoms with E-state index in [2.05, 4.69) is 25.9 Å². The van der Waals surface area contributed by atoms with Crippen molar-refractivity contribution in [3.05, 3.63) is 72.1 Å². The summed E-state index contributed by atoms with van der Waals surface area (Å²) in [4.78, 5) is 55.5. The summed E-state index contributed by atoms with van der Waals surface area (Å²) in [6.45, 7) is 0.0873. The van der Waals surface area contributed by atoms with E-state index < -0.39 is 11.9 Å². The van der Waals surface area contributed by atoms with Gasteiger partial charge >= 0.3 is 0 Å². The average Bonchev–Trinajstić information content (AvgIpc) is 3.49. The maximum absolute atomic E-state index is 13.0. The lowest BCUT2D eigenvalue weighted by molar-refractivity contribution is -0.137. The number of benzene rings is 2. The Morgan fingerprint density at radius 1 is 1.05 bits per heavy atom. The Balaban J connectivity index is 1.18. The van der Waals surface area contributed by atoms with Gasteiger partial charge in [-0.3, -0.25) is 29.5 Å². The Hall–Kier alpha value is -4.93. The molecule has 2 aliphatic heterocycles. The topological polar surface area (TPSA) is 139 Å². The molecule has 0 aliphatic carbocycles. The number of hydrogen-bond donors (Lipinski definition) is 2. The lowest BCUT2D eigenvalue weighted by atomic mass is 10.0. The van der Waals surface area contributed by atoms with Gasteiger partial charge in [0.25, 0.3) is 5.91 Å². The van der Waals surface area contributed by atoms with Crippen LogP contribution in [0.25, 0.3) is 22.2 Å². The molecule has 2 aromatic carbocycles. The molecule has 0 saturated carbocycles. The van der Waals surface area contributed by atoms with E-state index in [0.717, 1.165) is 16.5 Å². The van der Waals surface area contributed by atoms with Crippen LogP contribution in [0.1, 0.15) is 28.8 Å². The fourth-order valence-electron chi connectivity index (χ4n) is 4.86. The molecule has 4 aromatic rings. The van der Waals surface area contributed by atoms with Crippen LogP contribution >= 0.6 is 0 Å². The summed E-state index contributed by atoms with van der Waals surface area (Å²) in [5, 5.41) is 14.4. The largest absolute Gasteiger partial charge is 0.324 e. The minimum Gasteiger partial charge on any atom is -0.324 e. The first-order chi connectivity index (χ1) is 18.0. The summed E-state index contributed by atoms with van der Waals surface area (Å²) < 4.78 is 1.45. The number of pyridine rings is 1. The van der Waals surface area contributed by atoms with E-state index in [-0.39, 0.29) is 43.7 Å². The zero-order valence-electron chi connectivity index (χ0n) is 19.5. The van der Waals surface area contributed by atoms with Crippen molar-refractivity contribution >= 4 is 40.2 Å². The Morgan fingerprint density at radius 3 is 2.78 bits per heavy atom. The molecule has 0 spiro atoms. The first kappa shape index (κ1) is 22.5. The fourth-order valence-corrected chi connectivity index (χ4v) is 4.86. The van der Waals surface area contributed by atoms with Gasteiger partial charge in [0.2, 0.25) is 17.7 Å². The van der Waals surface area contributed by atoms with Crippen LogP contribution in [0.15, 0.2) is 60.9 Å². The lowest BCUT2D eigenvalue weighted by Gasteiger charge is -2.29. The molecule has 1 fully saturated rings. The van der Waals surface area contributed by atoms with E-state index in [1.165, 1.54) is 9.58 Å². The third-order valence-corrected chi connectivity index (χ3v) is 6.63. The van der Waals surface area contributed by atoms with Crippen molar-refractivity contribution in [3.63, 3.8) is 0 Å². The Morgan fingerprint density at radius 2 is 1.92 bits per heavy atom. The Kier molecular flexibility index (Phi) is 5.44. The van der Waals surface area contributed by atoms with Crippen molar-refractivity contribution in [2.75, 3.05) is 5.32 Å². The molecule has 1 saturated heterocycles. The number of carbonyl (C=O) groups excluding carboxylic acids is 4. The second-order valence-electron chi connectivity index (χ2n) is 8.96. The smallest absolute Gasteiger partial charge is 0.255 e. The zero-order chi connectivity index (χ0) is 25.5. The standard InChI is InChI=1S/C26H21N7O4/c34-23-9-8-22(25(36)29-23)33-12-18-17(26(33)37)5-3-7-20(18)28-24(35)14-32-13-21(30-31-32)16-10-11-27-19-6-2-1-4-15(16)19/h1-7,10-11,13,22H,8-9,12,14H2,(H,28,35)(H,29,34,36). The molecule has 2 N–H and O–H groups in total. The number of nitrogens with one attached hydrogen (secondary N) is 2. The number of fused-ring (bicyclic) bond motifs is 2. The molecular formula is C26H21N7O4. The van der Waals surface area contributed by atoms with E-state index in [1.54, 1.807) is 30.6 Å². The van der Waals surface area contributed by atoms with Crippen molar-refractivity contribution in [1.29, 1.82) is 0 Å². The number of amides is 4. The predicted molar refractivity (Wildman–Crippen MR) is 132 cm³/mol. The van der Waals surface area contributed by atoms with Crippen molar-refractivity contribution in [2.45, 2.75) is 32.0 Å². The third-order valence-electron chi connectivity index (χ3n) is 6.63. The molecular weight excluding hydrogens is 474 g/mol. The van der Waals surface area contributed by atoms with Gasteiger partial charge < -0.3 is 10.2 Å². The first-order valence-corrected chi connectivity index (χ1v) is 11.8. The van der Waals surface area contributed by atoms with Gasteiger partial charge in [0, 0.05) is 46.9 Å².